The number of carbonyl (C=O) groups is 1. The number of aromatic nitrogens is 3. The number of hydrogen-bond acceptors (Lipinski definition) is 3. The van der Waals surface area contributed by atoms with Gasteiger partial charge in [0.25, 0.3) is 0 Å². The summed E-state index contributed by atoms with van der Waals surface area (Å²) < 4.78 is 1.76. The summed E-state index contributed by atoms with van der Waals surface area (Å²) in [4.78, 5) is 14.5. The number of benzene rings is 1. The molecule has 0 radical (unpaired) electrons. The van der Waals surface area contributed by atoms with Crippen LogP contribution in [0.1, 0.15) is 24.2 Å². The topological polar surface area (TPSA) is 68.0 Å². The van der Waals surface area contributed by atoms with E-state index in [1.807, 2.05) is 31.2 Å². The molecular weight excluding hydrogens is 230 g/mol. The minimum atomic E-state index is -0.745. The van der Waals surface area contributed by atoms with Crippen LogP contribution >= 0.6 is 0 Å². The van der Waals surface area contributed by atoms with Crippen molar-refractivity contribution in [1.82, 2.24) is 14.8 Å². The molecule has 0 fully saturated rings. The maximum Gasteiger partial charge on any atom is 0.303 e. The second-order valence-corrected chi connectivity index (χ2v) is 4.13. The van der Waals surface area contributed by atoms with Gasteiger partial charge >= 0.3 is 5.97 Å². The van der Waals surface area contributed by atoms with E-state index in [0.717, 1.165) is 23.5 Å². The average molecular weight is 245 g/mol. The maximum absolute atomic E-state index is 10.4. The summed E-state index contributed by atoms with van der Waals surface area (Å²) in [5.74, 6) is 0.0958. The van der Waals surface area contributed by atoms with Crippen molar-refractivity contribution in [2.24, 2.45) is 0 Å². The first-order valence-electron chi connectivity index (χ1n) is 5.84. The van der Waals surface area contributed by atoms with E-state index in [0.29, 0.717) is 6.42 Å². The highest BCUT2D eigenvalue weighted by Crippen LogP contribution is 2.12. The lowest BCUT2D eigenvalue weighted by atomic mass is 10.1. The largest absolute Gasteiger partial charge is 0.481 e. The van der Waals surface area contributed by atoms with Gasteiger partial charge in [-0.05, 0) is 37.5 Å². The summed E-state index contributed by atoms with van der Waals surface area (Å²) in [6, 6.07) is 7.94. The van der Waals surface area contributed by atoms with Gasteiger partial charge in [-0.3, -0.25) is 4.79 Å². The first kappa shape index (κ1) is 12.3. The van der Waals surface area contributed by atoms with Gasteiger partial charge in [-0.2, -0.15) is 5.10 Å². The predicted octanol–water partition coefficient (Wildman–Crippen LogP) is 1.98. The van der Waals surface area contributed by atoms with Gasteiger partial charge in [-0.25, -0.2) is 9.67 Å². The number of carboxylic acids is 1. The third-order valence-electron chi connectivity index (χ3n) is 2.76. The molecule has 94 valence electrons. The zero-order valence-electron chi connectivity index (χ0n) is 10.2. The van der Waals surface area contributed by atoms with Crippen molar-refractivity contribution in [3.05, 3.63) is 42.0 Å². The van der Waals surface area contributed by atoms with Gasteiger partial charge in [0.15, 0.2) is 0 Å². The highest BCUT2D eigenvalue weighted by Gasteiger charge is 2.02. The van der Waals surface area contributed by atoms with Crippen LogP contribution in [0.4, 0.5) is 0 Å². The first-order chi connectivity index (χ1) is 8.66. The van der Waals surface area contributed by atoms with E-state index in [9.17, 15) is 4.79 Å². The summed E-state index contributed by atoms with van der Waals surface area (Å²) in [6.45, 7) is 1.90. The molecule has 0 saturated carbocycles. The van der Waals surface area contributed by atoms with Crippen LogP contribution in [0.25, 0.3) is 5.69 Å². The van der Waals surface area contributed by atoms with E-state index in [1.165, 1.54) is 6.33 Å². The Morgan fingerprint density at radius 1 is 1.33 bits per heavy atom. The number of hydrogen-bond donors (Lipinski definition) is 1. The molecule has 0 aliphatic carbocycles. The van der Waals surface area contributed by atoms with Crippen LogP contribution in [-0.2, 0) is 11.2 Å². The Kier molecular flexibility index (Phi) is 3.72. The van der Waals surface area contributed by atoms with Crippen LogP contribution in [0.15, 0.2) is 30.6 Å². The standard InChI is InChI=1S/C13H15N3O2/c1-10-14-9-15-16(10)12-7-5-11(6-8-12)3-2-4-13(17)18/h5-9H,2-4H2,1H3,(H,17,18). The van der Waals surface area contributed by atoms with Crippen molar-refractivity contribution in [3.63, 3.8) is 0 Å². The van der Waals surface area contributed by atoms with E-state index >= 15 is 0 Å². The van der Waals surface area contributed by atoms with Crippen LogP contribution < -0.4 is 0 Å². The molecule has 1 N–H and O–H groups in total. The van der Waals surface area contributed by atoms with Crippen molar-refractivity contribution < 1.29 is 9.90 Å². The fourth-order valence-electron chi connectivity index (χ4n) is 1.80. The zero-order valence-corrected chi connectivity index (χ0v) is 10.2. The van der Waals surface area contributed by atoms with E-state index in [-0.39, 0.29) is 6.42 Å². The SMILES string of the molecule is Cc1ncnn1-c1ccc(CCCC(=O)O)cc1. The molecule has 0 aliphatic heterocycles. The van der Waals surface area contributed by atoms with Gasteiger partial charge in [0.2, 0.25) is 0 Å². The molecule has 5 nitrogen and oxygen atoms in total. The van der Waals surface area contributed by atoms with E-state index < -0.39 is 5.97 Å². The fraction of sp³-hybridized carbons (Fsp3) is 0.308. The van der Waals surface area contributed by atoms with Crippen LogP contribution in [0.5, 0.6) is 0 Å². The lowest BCUT2D eigenvalue weighted by molar-refractivity contribution is -0.137. The molecule has 2 aromatic rings. The molecule has 18 heavy (non-hydrogen) atoms. The van der Waals surface area contributed by atoms with Crippen molar-refractivity contribution in [3.8, 4) is 5.69 Å². The summed E-state index contributed by atoms with van der Waals surface area (Å²) in [6.07, 6.45) is 3.18. The molecule has 0 amide bonds. The summed E-state index contributed by atoms with van der Waals surface area (Å²) in [7, 11) is 0. The second kappa shape index (κ2) is 5.44. The van der Waals surface area contributed by atoms with Gasteiger partial charge in [0, 0.05) is 6.42 Å². The Hall–Kier alpha value is -2.17. The van der Waals surface area contributed by atoms with Crippen LogP contribution in [0, 0.1) is 6.92 Å². The summed E-state index contributed by atoms with van der Waals surface area (Å²) >= 11 is 0. The molecular formula is C13H15N3O2. The summed E-state index contributed by atoms with van der Waals surface area (Å²) in [5, 5.41) is 12.7. The third-order valence-corrected chi connectivity index (χ3v) is 2.76. The van der Waals surface area contributed by atoms with E-state index in [4.69, 9.17) is 5.11 Å². The Balaban J connectivity index is 2.02. The van der Waals surface area contributed by atoms with Crippen molar-refractivity contribution in [2.75, 3.05) is 0 Å². The summed E-state index contributed by atoms with van der Waals surface area (Å²) in [5.41, 5.74) is 2.10. The number of carboxylic acid groups (broad SMARTS) is 1. The molecule has 0 unspecified atom stereocenters. The second-order valence-electron chi connectivity index (χ2n) is 4.13. The number of aryl methyl sites for hydroxylation is 2. The average Bonchev–Trinajstić information content (AvgIpc) is 2.76. The predicted molar refractivity (Wildman–Crippen MR) is 66.7 cm³/mol. The van der Waals surface area contributed by atoms with Gasteiger partial charge < -0.3 is 5.11 Å². The molecule has 0 aliphatic rings. The Bertz CT molecular complexity index is 531. The monoisotopic (exact) mass is 245 g/mol. The van der Waals surface area contributed by atoms with Gasteiger partial charge in [-0.1, -0.05) is 12.1 Å². The lowest BCUT2D eigenvalue weighted by Gasteiger charge is -2.04. The number of aliphatic carboxylic acids is 1. The molecule has 1 heterocycles. The normalized spacial score (nSPS) is 10.5. The molecule has 1 aromatic carbocycles. The smallest absolute Gasteiger partial charge is 0.303 e. The van der Waals surface area contributed by atoms with Crippen molar-refractivity contribution in [1.29, 1.82) is 0 Å². The highest BCUT2D eigenvalue weighted by atomic mass is 16.4. The fourth-order valence-corrected chi connectivity index (χ4v) is 1.80. The zero-order chi connectivity index (χ0) is 13.0. The Morgan fingerprint density at radius 2 is 2.06 bits per heavy atom. The lowest BCUT2D eigenvalue weighted by Crippen LogP contribution is -1.99. The van der Waals surface area contributed by atoms with E-state index in [2.05, 4.69) is 10.1 Å². The van der Waals surface area contributed by atoms with Gasteiger partial charge in [0.05, 0.1) is 5.69 Å². The van der Waals surface area contributed by atoms with Crippen LogP contribution in [0.3, 0.4) is 0 Å². The minimum absolute atomic E-state index is 0.212. The maximum atomic E-state index is 10.4. The van der Waals surface area contributed by atoms with Crippen LogP contribution in [-0.4, -0.2) is 25.8 Å². The molecule has 5 heteroatoms. The molecule has 2 rings (SSSR count). The first-order valence-corrected chi connectivity index (χ1v) is 5.84. The minimum Gasteiger partial charge on any atom is -0.481 e. The quantitative estimate of drug-likeness (QED) is 0.874. The molecule has 0 saturated heterocycles. The van der Waals surface area contributed by atoms with Gasteiger partial charge in [-0.15, -0.1) is 0 Å². The molecule has 1 aromatic heterocycles. The molecule has 0 bridgehead atoms. The van der Waals surface area contributed by atoms with Crippen molar-refractivity contribution in [2.45, 2.75) is 26.2 Å². The molecule has 0 atom stereocenters. The van der Waals surface area contributed by atoms with Crippen molar-refractivity contribution >= 4 is 5.97 Å². The Labute approximate surface area is 105 Å². The van der Waals surface area contributed by atoms with Crippen LogP contribution in [0.2, 0.25) is 0 Å². The highest BCUT2D eigenvalue weighted by molar-refractivity contribution is 5.66. The molecule has 0 spiro atoms. The third kappa shape index (κ3) is 2.94. The number of rotatable bonds is 5. The van der Waals surface area contributed by atoms with E-state index in [1.54, 1.807) is 4.68 Å². The Morgan fingerprint density at radius 3 is 2.61 bits per heavy atom. The number of nitrogens with zero attached hydrogens (tertiary/aromatic N) is 3. The van der Waals surface area contributed by atoms with Gasteiger partial charge in [0.1, 0.15) is 12.2 Å².